The van der Waals surface area contributed by atoms with Crippen LogP contribution in [0.3, 0.4) is 0 Å². The third-order valence-electron chi connectivity index (χ3n) is 12.8. The SMILES string of the molecule is CC12CC3C[C@H](C1)C1(c4ccccc4S(=O)(=O)c4ccc(N(c5ccc(-c6ccccc6)cc5)c5ccccc5-c5ccccc5)cc41)[C@@H](C3)C2. The second-order valence-corrected chi connectivity index (χ2v) is 17.7. The Balaban J connectivity index is 1.21. The third-order valence-corrected chi connectivity index (χ3v) is 14.7. The van der Waals surface area contributed by atoms with Crippen LogP contribution in [-0.4, -0.2) is 8.42 Å². The first kappa shape index (κ1) is 30.9. The predicted octanol–water partition coefficient (Wildman–Crippen LogP) is 11.8. The highest BCUT2D eigenvalue weighted by molar-refractivity contribution is 7.91. The van der Waals surface area contributed by atoms with Gasteiger partial charge >= 0.3 is 0 Å². The van der Waals surface area contributed by atoms with Crippen LogP contribution in [0.2, 0.25) is 0 Å². The fourth-order valence-corrected chi connectivity index (χ4v) is 13.0. The second-order valence-electron chi connectivity index (χ2n) is 15.8. The Morgan fingerprint density at radius 3 is 1.82 bits per heavy atom. The number of sulfone groups is 1. The lowest BCUT2D eigenvalue weighted by molar-refractivity contribution is -0.0925. The largest absolute Gasteiger partial charge is 0.310 e. The van der Waals surface area contributed by atoms with E-state index in [9.17, 15) is 8.42 Å². The van der Waals surface area contributed by atoms with Gasteiger partial charge in [-0.25, -0.2) is 8.42 Å². The number of benzene rings is 6. The summed E-state index contributed by atoms with van der Waals surface area (Å²) in [6.07, 6.45) is 5.96. The van der Waals surface area contributed by atoms with Crippen molar-refractivity contribution in [2.75, 3.05) is 4.90 Å². The van der Waals surface area contributed by atoms with Crippen LogP contribution in [0.5, 0.6) is 0 Å². The molecule has 252 valence electrons. The van der Waals surface area contributed by atoms with Crippen molar-refractivity contribution in [3.05, 3.63) is 163 Å². The van der Waals surface area contributed by atoms with Gasteiger partial charge in [0.1, 0.15) is 0 Å². The summed E-state index contributed by atoms with van der Waals surface area (Å²) in [6, 6.07) is 52.7. The smallest absolute Gasteiger partial charge is 0.207 e. The van der Waals surface area contributed by atoms with Gasteiger partial charge in [-0.3, -0.25) is 0 Å². The Hall–Kier alpha value is -4.93. The van der Waals surface area contributed by atoms with E-state index in [0.717, 1.165) is 63.6 Å². The average Bonchev–Trinajstić information content (AvgIpc) is 3.15. The van der Waals surface area contributed by atoms with E-state index in [1.54, 1.807) is 0 Å². The van der Waals surface area contributed by atoms with Crippen LogP contribution in [0.1, 0.15) is 50.2 Å². The van der Waals surface area contributed by atoms with Crippen molar-refractivity contribution < 1.29 is 8.42 Å². The molecule has 5 aliphatic rings. The monoisotopic (exact) mass is 683 g/mol. The van der Waals surface area contributed by atoms with Gasteiger partial charge in [0.15, 0.2) is 0 Å². The quantitative estimate of drug-likeness (QED) is 0.181. The lowest BCUT2D eigenvalue weighted by atomic mass is 9.39. The minimum absolute atomic E-state index is 0.328. The summed E-state index contributed by atoms with van der Waals surface area (Å²) in [5, 5.41) is 0. The Kier molecular flexibility index (Phi) is 6.83. The van der Waals surface area contributed by atoms with Gasteiger partial charge < -0.3 is 4.90 Å². The van der Waals surface area contributed by atoms with Crippen molar-refractivity contribution in [2.24, 2.45) is 23.2 Å². The van der Waals surface area contributed by atoms with Crippen LogP contribution in [0.25, 0.3) is 22.3 Å². The Morgan fingerprint density at radius 2 is 1.12 bits per heavy atom. The molecule has 4 bridgehead atoms. The standard InChI is InChI=1S/C47H41NO2S/c1-46-29-32-26-36(30-46)47(37(27-32)31-46)41-17-9-11-19-44(41)51(49,50)45-25-24-39(28-42(45)47)48(38-22-20-34(21-23-38)33-12-4-2-5-13-33)43-18-10-8-16-40(43)35-14-6-3-7-15-35/h2-25,28,32,36-37H,26-27,29-31H2,1H3/t32?,36-,37+,46?,47?. The molecule has 0 aromatic heterocycles. The average molecular weight is 684 g/mol. The van der Waals surface area contributed by atoms with Gasteiger partial charge in [0.05, 0.1) is 15.5 Å². The van der Waals surface area contributed by atoms with Crippen LogP contribution in [0, 0.1) is 23.2 Å². The van der Waals surface area contributed by atoms with Gasteiger partial charge in [-0.2, -0.15) is 0 Å². The van der Waals surface area contributed by atoms with Gasteiger partial charge in [0.2, 0.25) is 9.84 Å². The third kappa shape index (κ3) is 4.58. The maximum atomic E-state index is 14.6. The number of hydrogen-bond acceptors (Lipinski definition) is 3. The normalized spacial score (nSPS) is 26.4. The van der Waals surface area contributed by atoms with Gasteiger partial charge in [-0.05, 0) is 126 Å². The predicted molar refractivity (Wildman–Crippen MR) is 206 cm³/mol. The zero-order chi connectivity index (χ0) is 34.4. The maximum absolute atomic E-state index is 14.6. The van der Waals surface area contributed by atoms with Gasteiger partial charge in [-0.1, -0.05) is 116 Å². The van der Waals surface area contributed by atoms with Crippen molar-refractivity contribution in [1.82, 2.24) is 0 Å². The number of rotatable bonds is 5. The minimum atomic E-state index is -3.70. The molecule has 3 nitrogen and oxygen atoms in total. The molecular formula is C47H41NO2S. The lowest BCUT2D eigenvalue weighted by Gasteiger charge is -2.66. The summed E-state index contributed by atoms with van der Waals surface area (Å²) in [4.78, 5) is 3.36. The molecule has 6 aromatic carbocycles. The van der Waals surface area contributed by atoms with Crippen LogP contribution in [-0.2, 0) is 15.3 Å². The molecule has 6 aromatic rings. The number of fused-ring (bicyclic) bond motifs is 2. The second kappa shape index (κ2) is 11.3. The van der Waals surface area contributed by atoms with Crippen LogP contribution >= 0.6 is 0 Å². The molecule has 4 saturated carbocycles. The number of para-hydroxylation sites is 1. The lowest BCUT2D eigenvalue weighted by Crippen LogP contribution is -2.60. The van der Waals surface area contributed by atoms with E-state index in [1.165, 1.54) is 24.8 Å². The number of hydrogen-bond donors (Lipinski definition) is 0. The van der Waals surface area contributed by atoms with E-state index in [1.807, 2.05) is 30.3 Å². The van der Waals surface area contributed by atoms with E-state index < -0.39 is 9.84 Å². The first-order chi connectivity index (χ1) is 24.8. The molecule has 4 heteroatoms. The Bertz CT molecular complexity index is 2390. The molecule has 4 aliphatic carbocycles. The van der Waals surface area contributed by atoms with Crippen LogP contribution < -0.4 is 4.90 Å². The summed E-state index contributed by atoms with van der Waals surface area (Å²) >= 11 is 0. The topological polar surface area (TPSA) is 37.4 Å². The van der Waals surface area contributed by atoms with E-state index in [0.29, 0.717) is 27.0 Å². The van der Waals surface area contributed by atoms with Gasteiger partial charge in [0.25, 0.3) is 0 Å². The van der Waals surface area contributed by atoms with E-state index in [4.69, 9.17) is 0 Å². The zero-order valence-electron chi connectivity index (χ0n) is 28.9. The van der Waals surface area contributed by atoms with Crippen molar-refractivity contribution in [3.8, 4) is 22.3 Å². The molecule has 1 heterocycles. The van der Waals surface area contributed by atoms with Gasteiger partial charge in [0, 0.05) is 22.4 Å². The molecule has 5 atom stereocenters. The molecule has 0 radical (unpaired) electrons. The van der Waals surface area contributed by atoms with Crippen molar-refractivity contribution in [3.63, 3.8) is 0 Å². The fraction of sp³-hybridized carbons (Fsp3) is 0.234. The number of nitrogens with zero attached hydrogens (tertiary/aromatic N) is 1. The molecule has 51 heavy (non-hydrogen) atoms. The van der Waals surface area contributed by atoms with Crippen LogP contribution in [0.15, 0.2) is 161 Å². The van der Waals surface area contributed by atoms with Crippen molar-refractivity contribution in [2.45, 2.75) is 54.2 Å². The molecule has 1 spiro atoms. The molecule has 11 rings (SSSR count). The maximum Gasteiger partial charge on any atom is 0.207 e. The first-order valence-corrected chi connectivity index (χ1v) is 19.9. The first-order valence-electron chi connectivity index (χ1n) is 18.4. The van der Waals surface area contributed by atoms with E-state index in [-0.39, 0.29) is 5.41 Å². The van der Waals surface area contributed by atoms with Crippen molar-refractivity contribution in [1.29, 1.82) is 0 Å². The molecule has 4 fully saturated rings. The fourth-order valence-electron chi connectivity index (χ4n) is 11.2. The minimum Gasteiger partial charge on any atom is -0.310 e. The highest BCUT2D eigenvalue weighted by atomic mass is 32.2. The van der Waals surface area contributed by atoms with Gasteiger partial charge in [-0.15, -0.1) is 0 Å². The van der Waals surface area contributed by atoms with Crippen molar-refractivity contribution >= 4 is 26.9 Å². The molecular weight excluding hydrogens is 643 g/mol. The summed E-state index contributed by atoms with van der Waals surface area (Å²) in [7, 11) is -3.70. The molecule has 0 N–H and O–H groups in total. The number of anilines is 3. The molecule has 0 amide bonds. The van der Waals surface area contributed by atoms with E-state index >= 15 is 0 Å². The highest BCUT2D eigenvalue weighted by Gasteiger charge is 2.64. The summed E-state index contributed by atoms with van der Waals surface area (Å²) in [5.74, 6) is 1.55. The Morgan fingerprint density at radius 1 is 0.549 bits per heavy atom. The van der Waals surface area contributed by atoms with E-state index in [2.05, 4.69) is 133 Å². The molecule has 1 aliphatic heterocycles. The Labute approximate surface area is 301 Å². The van der Waals surface area contributed by atoms with Crippen LogP contribution in [0.4, 0.5) is 17.1 Å². The molecule has 0 saturated heterocycles. The summed E-state index contributed by atoms with van der Waals surface area (Å²) in [6.45, 7) is 2.50. The summed E-state index contributed by atoms with van der Waals surface area (Å²) < 4.78 is 29.2. The highest BCUT2D eigenvalue weighted by Crippen LogP contribution is 2.71. The molecule has 3 unspecified atom stereocenters. The summed E-state index contributed by atoms with van der Waals surface area (Å²) in [5.41, 5.74) is 9.73. The zero-order valence-corrected chi connectivity index (χ0v) is 29.7.